The molecule has 0 amide bonds. The van der Waals surface area contributed by atoms with Gasteiger partial charge in [0.15, 0.2) is 0 Å². The van der Waals surface area contributed by atoms with Gasteiger partial charge in [-0.25, -0.2) is 0 Å². The fourth-order valence-corrected chi connectivity index (χ4v) is 12.6. The van der Waals surface area contributed by atoms with E-state index < -0.39 is 0 Å². The van der Waals surface area contributed by atoms with E-state index in [1.54, 1.807) is 0 Å². The third-order valence-electron chi connectivity index (χ3n) is 14.7. The van der Waals surface area contributed by atoms with Crippen molar-refractivity contribution in [1.29, 1.82) is 0 Å². The van der Waals surface area contributed by atoms with Gasteiger partial charge in [-0.3, -0.25) is 4.79 Å². The Kier molecular flexibility index (Phi) is 6.23. The Morgan fingerprint density at radius 3 is 1.97 bits per heavy atom. The van der Waals surface area contributed by atoms with Gasteiger partial charge in [-0.2, -0.15) is 0 Å². The van der Waals surface area contributed by atoms with Crippen molar-refractivity contribution in [3.8, 4) is 0 Å². The van der Waals surface area contributed by atoms with Crippen LogP contribution in [0.1, 0.15) is 132 Å². The molecule has 5 fully saturated rings. The molecule has 1 N–H and O–H groups in total. The zero-order valence-electron chi connectivity index (χ0n) is 24.4. The smallest absolute Gasteiger partial charge is 0.132 e. The maximum absolute atomic E-state index is 12.3. The van der Waals surface area contributed by atoms with Gasteiger partial charge in [-0.05, 0) is 127 Å². The lowest BCUT2D eigenvalue weighted by Gasteiger charge is -2.73. The molecule has 5 aliphatic carbocycles. The Morgan fingerprint density at radius 1 is 0.771 bits per heavy atom. The van der Waals surface area contributed by atoms with Crippen LogP contribution < -0.4 is 0 Å². The van der Waals surface area contributed by atoms with E-state index in [2.05, 4.69) is 48.5 Å². The Balaban J connectivity index is 1.44. The van der Waals surface area contributed by atoms with Crippen LogP contribution in [-0.4, -0.2) is 17.0 Å². The summed E-state index contributed by atoms with van der Waals surface area (Å²) in [5.41, 5.74) is 1.70. The molecule has 5 aliphatic rings. The number of fused-ring (bicyclic) bond motifs is 7. The lowest BCUT2D eigenvalue weighted by molar-refractivity contribution is -0.251. The maximum atomic E-state index is 12.3. The van der Waals surface area contributed by atoms with Crippen LogP contribution >= 0.6 is 0 Å². The summed E-state index contributed by atoms with van der Waals surface area (Å²) in [7, 11) is 0. The molecular weight excluding hydrogens is 428 g/mol. The quantitative estimate of drug-likeness (QED) is 0.434. The first-order chi connectivity index (χ1) is 16.3. The van der Waals surface area contributed by atoms with Crippen LogP contribution in [0.2, 0.25) is 0 Å². The number of aliphatic hydroxyl groups excluding tert-OH is 1. The highest BCUT2D eigenvalue weighted by Gasteiger charge is 2.70. The van der Waals surface area contributed by atoms with Crippen molar-refractivity contribution in [3.63, 3.8) is 0 Å². The van der Waals surface area contributed by atoms with Crippen molar-refractivity contribution >= 4 is 5.78 Å². The molecule has 0 aromatic rings. The minimum absolute atomic E-state index is 0.0421. The highest BCUT2D eigenvalue weighted by molar-refractivity contribution is 5.78. The van der Waals surface area contributed by atoms with Gasteiger partial charge in [-0.15, -0.1) is 0 Å². The lowest BCUT2D eigenvalue weighted by Crippen LogP contribution is -2.66. The summed E-state index contributed by atoms with van der Waals surface area (Å²) in [6.07, 6.45) is 14.5. The summed E-state index contributed by atoms with van der Waals surface area (Å²) in [5.74, 6) is 4.85. The van der Waals surface area contributed by atoms with Crippen LogP contribution in [0, 0.1) is 62.6 Å². The second-order valence-electron chi connectivity index (χ2n) is 15.9. The predicted molar refractivity (Wildman–Crippen MR) is 145 cm³/mol. The molecule has 0 spiro atoms. The second kappa shape index (κ2) is 8.31. The Labute approximate surface area is 216 Å². The van der Waals surface area contributed by atoms with Gasteiger partial charge in [0.2, 0.25) is 0 Å². The summed E-state index contributed by atoms with van der Waals surface area (Å²) in [6.45, 7) is 19.9. The van der Waals surface area contributed by atoms with Crippen molar-refractivity contribution in [2.45, 2.75) is 139 Å². The Hall–Kier alpha value is -0.370. The molecule has 0 saturated heterocycles. The maximum Gasteiger partial charge on any atom is 0.132 e. The molecule has 0 aromatic carbocycles. The van der Waals surface area contributed by atoms with Crippen molar-refractivity contribution in [2.24, 2.45) is 62.6 Å². The van der Waals surface area contributed by atoms with E-state index in [1.807, 2.05) is 6.92 Å². The number of rotatable bonds is 4. The van der Waals surface area contributed by atoms with Gasteiger partial charge in [0.25, 0.3) is 0 Å². The van der Waals surface area contributed by atoms with Crippen molar-refractivity contribution < 1.29 is 9.90 Å². The van der Waals surface area contributed by atoms with Gasteiger partial charge in [0, 0.05) is 12.8 Å². The van der Waals surface area contributed by atoms with E-state index in [9.17, 15) is 9.90 Å². The summed E-state index contributed by atoms with van der Waals surface area (Å²) in [6, 6.07) is 0. The molecule has 0 bridgehead atoms. The molecule has 0 heterocycles. The van der Waals surface area contributed by atoms with Gasteiger partial charge >= 0.3 is 0 Å². The zero-order chi connectivity index (χ0) is 25.6. The first-order valence-electron chi connectivity index (χ1n) is 15.5. The van der Waals surface area contributed by atoms with E-state index >= 15 is 0 Å². The van der Waals surface area contributed by atoms with Crippen molar-refractivity contribution in [1.82, 2.24) is 0 Å². The highest BCUT2D eigenvalue weighted by atomic mass is 16.3. The number of aliphatic hydroxyl groups is 1. The Bertz CT molecular complexity index is 846. The fraction of sp³-hybridized carbons (Fsp3) is 0.970. The Morgan fingerprint density at radius 2 is 1.34 bits per heavy atom. The molecular formula is C33H56O2. The third-order valence-corrected chi connectivity index (χ3v) is 14.7. The SMILES string of the molecule is CCC(=O)CC(C)C1CCC2(C)C1CCC1(C)C2CCC2C3(C)CCC(O)C(C)(C)C3CCC21C. The molecule has 5 saturated carbocycles. The lowest BCUT2D eigenvalue weighted by atomic mass is 9.32. The van der Waals surface area contributed by atoms with E-state index in [0.717, 1.165) is 36.5 Å². The summed E-state index contributed by atoms with van der Waals surface area (Å²) in [4.78, 5) is 12.3. The van der Waals surface area contributed by atoms with Crippen molar-refractivity contribution in [2.75, 3.05) is 0 Å². The summed E-state index contributed by atoms with van der Waals surface area (Å²) in [5, 5.41) is 10.9. The van der Waals surface area contributed by atoms with Gasteiger partial charge in [0.05, 0.1) is 6.10 Å². The normalized spacial score (nSPS) is 53.6. The van der Waals surface area contributed by atoms with E-state index in [4.69, 9.17) is 0 Å². The summed E-state index contributed by atoms with van der Waals surface area (Å²) >= 11 is 0. The fourth-order valence-electron chi connectivity index (χ4n) is 12.6. The van der Waals surface area contributed by atoms with Crippen LogP contribution in [0.15, 0.2) is 0 Å². The first kappa shape index (κ1) is 26.2. The molecule has 11 atom stereocenters. The highest BCUT2D eigenvalue weighted by Crippen LogP contribution is 2.78. The predicted octanol–water partition coefficient (Wildman–Crippen LogP) is 8.45. The average Bonchev–Trinajstić information content (AvgIpc) is 3.14. The minimum atomic E-state index is -0.136. The van der Waals surface area contributed by atoms with E-state index in [0.29, 0.717) is 45.7 Å². The second-order valence-corrected chi connectivity index (χ2v) is 15.9. The van der Waals surface area contributed by atoms with Crippen molar-refractivity contribution in [3.05, 3.63) is 0 Å². The standard InChI is InChI=1S/C33H56O2/c1-9-22(34)20-21(2)23-12-16-30(5)24(23)13-18-32(7)26(30)10-11-27-31(6)17-15-28(35)29(3,4)25(31)14-19-33(27,32)8/h21,23-28,35H,9-20H2,1-8H3. The molecule has 35 heavy (non-hydrogen) atoms. The van der Waals surface area contributed by atoms with Crippen LogP contribution in [-0.2, 0) is 4.79 Å². The zero-order valence-corrected chi connectivity index (χ0v) is 24.4. The average molecular weight is 485 g/mol. The van der Waals surface area contributed by atoms with Crippen LogP contribution in [0.3, 0.4) is 0 Å². The number of carbonyl (C=O) groups excluding carboxylic acids is 1. The number of Topliss-reactive ketones (excluding diaryl/α,β-unsaturated/α-hetero) is 1. The first-order valence-corrected chi connectivity index (χ1v) is 15.5. The van der Waals surface area contributed by atoms with Crippen LogP contribution in [0.4, 0.5) is 0 Å². The molecule has 0 aliphatic heterocycles. The molecule has 0 aromatic heterocycles. The topological polar surface area (TPSA) is 37.3 Å². The van der Waals surface area contributed by atoms with Crippen LogP contribution in [0.5, 0.6) is 0 Å². The number of ketones is 1. The number of hydrogen-bond donors (Lipinski definition) is 1. The van der Waals surface area contributed by atoms with Crippen LogP contribution in [0.25, 0.3) is 0 Å². The monoisotopic (exact) mass is 484 g/mol. The minimum Gasteiger partial charge on any atom is -0.393 e. The van der Waals surface area contributed by atoms with Gasteiger partial charge in [-0.1, -0.05) is 55.4 Å². The molecule has 200 valence electrons. The molecule has 11 unspecified atom stereocenters. The largest absolute Gasteiger partial charge is 0.393 e. The number of hydrogen-bond acceptors (Lipinski definition) is 2. The molecule has 5 rings (SSSR count). The third kappa shape index (κ3) is 3.39. The number of carbonyl (C=O) groups is 1. The molecule has 2 nitrogen and oxygen atoms in total. The molecule has 2 heteroatoms. The van der Waals surface area contributed by atoms with Gasteiger partial charge in [0.1, 0.15) is 5.78 Å². The van der Waals surface area contributed by atoms with Gasteiger partial charge < -0.3 is 5.11 Å². The summed E-state index contributed by atoms with van der Waals surface area (Å²) < 4.78 is 0. The van der Waals surface area contributed by atoms with E-state index in [-0.39, 0.29) is 11.5 Å². The van der Waals surface area contributed by atoms with E-state index in [1.165, 1.54) is 57.8 Å². The molecule has 0 radical (unpaired) electrons.